The highest BCUT2D eigenvalue weighted by Gasteiger charge is 2.09. The highest BCUT2D eigenvalue weighted by molar-refractivity contribution is 6.01. The second kappa shape index (κ2) is 6.33. The Morgan fingerprint density at radius 1 is 1.00 bits per heavy atom. The van der Waals surface area contributed by atoms with E-state index in [4.69, 9.17) is 0 Å². The molecule has 1 N–H and O–H groups in total. The molecule has 0 bridgehead atoms. The molecule has 0 aromatic heterocycles. The molecule has 100 valence electrons. The number of ether oxygens (including phenoxy) is 1. The Balaban J connectivity index is 1.98. The maximum Gasteiger partial charge on any atom is 0.346 e. The molecule has 0 saturated heterocycles. The van der Waals surface area contributed by atoms with Crippen molar-refractivity contribution >= 4 is 18.0 Å². The Kier molecular flexibility index (Phi) is 4.29. The van der Waals surface area contributed by atoms with Gasteiger partial charge in [-0.25, -0.2) is 9.59 Å². The summed E-state index contributed by atoms with van der Waals surface area (Å²) in [6.45, 7) is 0. The smallest absolute Gasteiger partial charge is 0.346 e. The van der Waals surface area contributed by atoms with Gasteiger partial charge in [-0.15, -0.1) is 0 Å². The first-order chi connectivity index (χ1) is 9.65. The lowest BCUT2D eigenvalue weighted by Crippen LogP contribution is -2.09. The molecule has 0 unspecified atom stereocenters. The molecule has 0 fully saturated rings. The van der Waals surface area contributed by atoms with Crippen LogP contribution < -0.4 is 0 Å². The van der Waals surface area contributed by atoms with Crippen LogP contribution in [0, 0.1) is 0 Å². The second-order valence-corrected chi connectivity index (χ2v) is 4.00. The lowest BCUT2D eigenvalue weighted by Gasteiger charge is -1.99. The number of hydrogen-bond donors (Lipinski definition) is 1. The van der Waals surface area contributed by atoms with Crippen molar-refractivity contribution in [2.75, 3.05) is 0 Å². The van der Waals surface area contributed by atoms with Gasteiger partial charge in [-0.05, 0) is 35.9 Å². The van der Waals surface area contributed by atoms with Crippen LogP contribution in [0.5, 0.6) is 5.75 Å². The van der Waals surface area contributed by atoms with Crippen molar-refractivity contribution in [3.63, 3.8) is 0 Å². The first-order valence-corrected chi connectivity index (χ1v) is 5.93. The van der Waals surface area contributed by atoms with E-state index in [9.17, 15) is 14.7 Å². The summed E-state index contributed by atoms with van der Waals surface area (Å²) in [6.07, 6.45) is 2.59. The van der Waals surface area contributed by atoms with Crippen LogP contribution in [0.15, 0.2) is 60.7 Å². The van der Waals surface area contributed by atoms with E-state index in [1.807, 2.05) is 0 Å². The zero-order valence-electron chi connectivity index (χ0n) is 10.5. The summed E-state index contributed by atoms with van der Waals surface area (Å²) in [5.41, 5.74) is 0.945. The van der Waals surface area contributed by atoms with Crippen LogP contribution in [-0.2, 0) is 9.53 Å². The Hall–Kier alpha value is -2.88. The number of benzene rings is 2. The average Bonchev–Trinajstić information content (AvgIpc) is 2.46. The minimum Gasteiger partial charge on any atom is -0.508 e. The molecule has 0 amide bonds. The fourth-order valence-corrected chi connectivity index (χ4v) is 1.55. The van der Waals surface area contributed by atoms with Gasteiger partial charge >= 0.3 is 11.9 Å². The quantitative estimate of drug-likeness (QED) is 0.528. The van der Waals surface area contributed by atoms with Gasteiger partial charge in [0, 0.05) is 6.08 Å². The van der Waals surface area contributed by atoms with Gasteiger partial charge in [0.2, 0.25) is 0 Å². The highest BCUT2D eigenvalue weighted by atomic mass is 16.6. The number of esters is 2. The molecule has 2 aromatic carbocycles. The van der Waals surface area contributed by atoms with Crippen LogP contribution in [0.3, 0.4) is 0 Å². The second-order valence-electron chi connectivity index (χ2n) is 4.00. The Labute approximate surface area is 115 Å². The number of hydrogen-bond acceptors (Lipinski definition) is 4. The van der Waals surface area contributed by atoms with Gasteiger partial charge in [-0.1, -0.05) is 30.3 Å². The van der Waals surface area contributed by atoms with Gasteiger partial charge in [-0.2, -0.15) is 0 Å². The molecule has 0 aliphatic heterocycles. The third kappa shape index (κ3) is 3.81. The van der Waals surface area contributed by atoms with Crippen LogP contribution in [-0.4, -0.2) is 17.0 Å². The SMILES string of the molecule is O=C(/C=C/c1cccc(O)c1)OC(=O)c1ccccc1. The van der Waals surface area contributed by atoms with Crippen LogP contribution in [0.2, 0.25) is 0 Å². The van der Waals surface area contributed by atoms with Crippen molar-refractivity contribution in [1.29, 1.82) is 0 Å². The average molecular weight is 268 g/mol. The molecule has 0 atom stereocenters. The summed E-state index contributed by atoms with van der Waals surface area (Å²) in [7, 11) is 0. The fourth-order valence-electron chi connectivity index (χ4n) is 1.55. The monoisotopic (exact) mass is 268 g/mol. The molecule has 0 radical (unpaired) electrons. The molecular weight excluding hydrogens is 256 g/mol. The topological polar surface area (TPSA) is 63.6 Å². The van der Waals surface area contributed by atoms with Gasteiger partial charge in [0.1, 0.15) is 5.75 Å². The Bertz CT molecular complexity index is 645. The summed E-state index contributed by atoms with van der Waals surface area (Å²) < 4.78 is 4.66. The first-order valence-electron chi connectivity index (χ1n) is 5.93. The predicted octanol–water partition coefficient (Wildman–Crippen LogP) is 2.79. The molecule has 2 aromatic rings. The largest absolute Gasteiger partial charge is 0.508 e. The van der Waals surface area contributed by atoms with Gasteiger partial charge in [0.25, 0.3) is 0 Å². The number of phenolic OH excluding ortho intramolecular Hbond substituents is 1. The molecule has 0 saturated carbocycles. The Morgan fingerprint density at radius 3 is 2.45 bits per heavy atom. The van der Waals surface area contributed by atoms with Crippen molar-refractivity contribution in [3.8, 4) is 5.75 Å². The number of carbonyl (C=O) groups excluding carboxylic acids is 2. The van der Waals surface area contributed by atoms with Crippen molar-refractivity contribution in [1.82, 2.24) is 0 Å². The molecule has 0 heterocycles. The van der Waals surface area contributed by atoms with E-state index in [-0.39, 0.29) is 5.75 Å². The normalized spacial score (nSPS) is 10.4. The van der Waals surface area contributed by atoms with Crippen LogP contribution >= 0.6 is 0 Å². The van der Waals surface area contributed by atoms with Crippen molar-refractivity contribution in [3.05, 3.63) is 71.8 Å². The maximum atomic E-state index is 11.6. The van der Waals surface area contributed by atoms with Crippen LogP contribution in [0.25, 0.3) is 6.08 Å². The summed E-state index contributed by atoms with van der Waals surface area (Å²) in [4.78, 5) is 23.1. The van der Waals surface area contributed by atoms with E-state index in [1.54, 1.807) is 42.5 Å². The number of phenols is 1. The first kappa shape index (κ1) is 13.5. The maximum absolute atomic E-state index is 11.6. The molecule has 2 rings (SSSR count). The van der Waals surface area contributed by atoms with Crippen molar-refractivity contribution < 1.29 is 19.4 Å². The lowest BCUT2D eigenvalue weighted by molar-refractivity contribution is -0.132. The molecule has 0 aliphatic rings. The fraction of sp³-hybridized carbons (Fsp3) is 0. The summed E-state index contributed by atoms with van der Waals surface area (Å²) >= 11 is 0. The minimum atomic E-state index is -0.762. The molecule has 4 nitrogen and oxygen atoms in total. The van der Waals surface area contributed by atoms with Gasteiger partial charge in [0.15, 0.2) is 0 Å². The molecule has 20 heavy (non-hydrogen) atoms. The molecule has 0 spiro atoms. The van der Waals surface area contributed by atoms with E-state index in [1.165, 1.54) is 18.2 Å². The van der Waals surface area contributed by atoms with E-state index >= 15 is 0 Å². The third-order valence-corrected chi connectivity index (χ3v) is 2.48. The predicted molar refractivity (Wildman–Crippen MR) is 74.0 cm³/mol. The summed E-state index contributed by atoms with van der Waals surface area (Å²) in [6, 6.07) is 14.6. The summed E-state index contributed by atoms with van der Waals surface area (Å²) in [5.74, 6) is -1.36. The zero-order valence-corrected chi connectivity index (χ0v) is 10.5. The zero-order chi connectivity index (χ0) is 14.4. The van der Waals surface area contributed by atoms with E-state index in [0.29, 0.717) is 11.1 Å². The molecular formula is C16H12O4. The van der Waals surface area contributed by atoms with Crippen LogP contribution in [0.4, 0.5) is 0 Å². The van der Waals surface area contributed by atoms with E-state index in [0.717, 1.165) is 6.08 Å². The Morgan fingerprint density at radius 2 is 1.75 bits per heavy atom. The van der Waals surface area contributed by atoms with E-state index in [2.05, 4.69) is 4.74 Å². The summed E-state index contributed by atoms with van der Waals surface area (Å²) in [5, 5.41) is 9.27. The van der Waals surface area contributed by atoms with Crippen molar-refractivity contribution in [2.45, 2.75) is 0 Å². The third-order valence-electron chi connectivity index (χ3n) is 2.48. The van der Waals surface area contributed by atoms with Gasteiger partial charge < -0.3 is 9.84 Å². The van der Waals surface area contributed by atoms with E-state index < -0.39 is 11.9 Å². The van der Waals surface area contributed by atoms with Crippen LogP contribution in [0.1, 0.15) is 15.9 Å². The number of rotatable bonds is 3. The van der Waals surface area contributed by atoms with Crippen molar-refractivity contribution in [2.24, 2.45) is 0 Å². The van der Waals surface area contributed by atoms with Gasteiger partial charge in [0.05, 0.1) is 5.56 Å². The lowest BCUT2D eigenvalue weighted by atomic mass is 10.2. The highest BCUT2D eigenvalue weighted by Crippen LogP contribution is 2.12. The molecule has 0 aliphatic carbocycles. The number of carbonyl (C=O) groups is 2. The standard InChI is InChI=1S/C16H12O4/c17-14-8-4-5-12(11-14)9-10-15(18)20-16(19)13-6-2-1-3-7-13/h1-11,17H/b10-9+. The number of aromatic hydroxyl groups is 1. The minimum absolute atomic E-state index is 0.0980. The molecule has 4 heteroatoms. The van der Waals surface area contributed by atoms with Gasteiger partial charge in [-0.3, -0.25) is 0 Å².